The van der Waals surface area contributed by atoms with Gasteiger partial charge in [-0.05, 0) is 51.0 Å². The van der Waals surface area contributed by atoms with Gasteiger partial charge in [0, 0.05) is 24.2 Å². The predicted molar refractivity (Wildman–Crippen MR) is 193 cm³/mol. The van der Waals surface area contributed by atoms with E-state index in [2.05, 4.69) is 10.6 Å². The molecule has 4 atom stereocenters. The summed E-state index contributed by atoms with van der Waals surface area (Å²) < 4.78 is 32.4. The van der Waals surface area contributed by atoms with Crippen molar-refractivity contribution in [3.63, 3.8) is 0 Å². The molecule has 0 saturated carbocycles. The van der Waals surface area contributed by atoms with Gasteiger partial charge in [0.15, 0.2) is 0 Å². The van der Waals surface area contributed by atoms with Crippen LogP contribution in [-0.2, 0) is 38.1 Å². The zero-order valence-electron chi connectivity index (χ0n) is 31.6. The molecule has 0 radical (unpaired) electrons. The van der Waals surface area contributed by atoms with E-state index in [1.807, 2.05) is 13.8 Å². The molecule has 0 bridgehead atoms. The van der Waals surface area contributed by atoms with Crippen LogP contribution in [0.15, 0.2) is 48.5 Å². The number of carboxylic acids is 2. The van der Waals surface area contributed by atoms with E-state index in [0.29, 0.717) is 25.7 Å². The Bertz CT molecular complexity index is 1470. The van der Waals surface area contributed by atoms with Crippen molar-refractivity contribution < 1.29 is 67.4 Å². The lowest BCUT2D eigenvalue weighted by Gasteiger charge is -2.32. The summed E-state index contributed by atoms with van der Waals surface area (Å²) in [4.78, 5) is 74.5. The number of ether oxygens (including phenoxy) is 6. The van der Waals surface area contributed by atoms with E-state index in [-0.39, 0.29) is 61.8 Å². The van der Waals surface area contributed by atoms with Crippen molar-refractivity contribution in [1.29, 1.82) is 0 Å². The van der Waals surface area contributed by atoms with Crippen molar-refractivity contribution in [3.05, 3.63) is 59.7 Å². The third kappa shape index (κ3) is 15.0. The highest BCUT2D eigenvalue weighted by molar-refractivity contribution is 6.29. The first-order valence-electron chi connectivity index (χ1n) is 17.5. The second-order valence-corrected chi connectivity index (χ2v) is 13.2. The highest BCUT2D eigenvalue weighted by Gasteiger charge is 2.33. The van der Waals surface area contributed by atoms with Gasteiger partial charge in [0.2, 0.25) is 0 Å². The average molecular weight is 761 g/mol. The largest absolute Gasteiger partial charge is 0.489 e. The Labute approximate surface area is 314 Å². The molecule has 0 aliphatic rings. The van der Waals surface area contributed by atoms with Crippen LogP contribution in [0.5, 0.6) is 11.5 Å². The molecule has 4 unspecified atom stereocenters. The second-order valence-electron chi connectivity index (χ2n) is 13.2. The van der Waals surface area contributed by atoms with E-state index in [9.17, 15) is 39.0 Å². The average Bonchev–Trinajstić information content (AvgIpc) is 3.12. The van der Waals surface area contributed by atoms with Gasteiger partial charge < -0.3 is 49.3 Å². The zero-order chi connectivity index (χ0) is 40.3. The summed E-state index contributed by atoms with van der Waals surface area (Å²) >= 11 is 0. The van der Waals surface area contributed by atoms with E-state index in [0.717, 1.165) is 0 Å². The van der Waals surface area contributed by atoms with Crippen LogP contribution in [0.3, 0.4) is 0 Å². The first-order chi connectivity index (χ1) is 25.6. The lowest BCUT2D eigenvalue weighted by Crippen LogP contribution is -2.50. The van der Waals surface area contributed by atoms with E-state index >= 15 is 0 Å². The highest BCUT2D eigenvalue weighted by Crippen LogP contribution is 2.23. The Morgan fingerprint density at radius 2 is 0.981 bits per heavy atom. The topological polar surface area (TPSA) is 222 Å². The van der Waals surface area contributed by atoms with E-state index < -0.39 is 59.1 Å². The number of carbonyl (C=O) groups excluding carboxylic acids is 4. The number of aliphatic carboxylic acids is 2. The quantitative estimate of drug-likeness (QED) is 0.0679. The standard InChI is InChI=1S/C38H52N2O14/c1-7-17-37(3,19-31(41)42)39-21-25(23-51-29-15-11-9-13-27(29)33(45)49-5)53-35(47)36(48)54-26(22-40-38(4,18-8-2)20-32(43)44)24-52-30-16-12-10-14-28(30)34(46)50-6/h9-16,25-26,39-40H,7-8,17-24H2,1-6H3,(H,41,42)(H,43,44). The number of rotatable bonds is 24. The lowest BCUT2D eigenvalue weighted by molar-refractivity contribution is -0.175. The van der Waals surface area contributed by atoms with E-state index in [1.54, 1.807) is 38.1 Å². The van der Waals surface area contributed by atoms with Gasteiger partial charge in [-0.2, -0.15) is 0 Å². The maximum absolute atomic E-state index is 13.3. The number of nitrogens with one attached hydrogen (secondary N) is 2. The third-order valence-corrected chi connectivity index (χ3v) is 8.35. The second kappa shape index (κ2) is 22.1. The Morgan fingerprint density at radius 3 is 1.30 bits per heavy atom. The number of para-hydroxylation sites is 2. The molecule has 2 aromatic rings. The van der Waals surface area contributed by atoms with Gasteiger partial charge in [-0.1, -0.05) is 51.0 Å². The maximum atomic E-state index is 13.3. The fraction of sp³-hybridized carbons (Fsp3) is 0.526. The first-order valence-corrected chi connectivity index (χ1v) is 17.5. The summed E-state index contributed by atoms with van der Waals surface area (Å²) in [6.07, 6.45) is -0.678. The Morgan fingerprint density at radius 1 is 0.630 bits per heavy atom. The number of carbonyl (C=O) groups is 6. The number of carboxylic acid groups (broad SMARTS) is 2. The fourth-order valence-corrected chi connectivity index (χ4v) is 5.75. The molecule has 2 aromatic carbocycles. The maximum Gasteiger partial charge on any atom is 0.417 e. The number of hydrogen-bond acceptors (Lipinski definition) is 14. The minimum atomic E-state index is -1.41. The highest BCUT2D eigenvalue weighted by atomic mass is 16.6. The van der Waals surface area contributed by atoms with Gasteiger partial charge in [0.1, 0.15) is 48.0 Å². The van der Waals surface area contributed by atoms with Crippen molar-refractivity contribution >= 4 is 35.8 Å². The summed E-state index contributed by atoms with van der Waals surface area (Å²) in [7, 11) is 2.41. The number of hydrogen-bond donors (Lipinski definition) is 4. The van der Waals surface area contributed by atoms with Crippen LogP contribution in [0.4, 0.5) is 0 Å². The van der Waals surface area contributed by atoms with Crippen LogP contribution < -0.4 is 20.1 Å². The molecule has 0 heterocycles. The third-order valence-electron chi connectivity index (χ3n) is 8.35. The molecule has 0 fully saturated rings. The molecule has 16 nitrogen and oxygen atoms in total. The number of esters is 4. The monoisotopic (exact) mass is 760 g/mol. The molecule has 4 N–H and O–H groups in total. The first kappa shape index (κ1) is 44.9. The minimum absolute atomic E-state index is 0.0984. The van der Waals surface area contributed by atoms with Gasteiger partial charge in [0.25, 0.3) is 0 Å². The molecule has 2 rings (SSSR count). The summed E-state index contributed by atoms with van der Waals surface area (Å²) in [6, 6.07) is 12.4. The van der Waals surface area contributed by atoms with E-state index in [1.165, 1.54) is 38.5 Å². The molecule has 16 heteroatoms. The molecule has 0 amide bonds. The normalized spacial score (nSPS) is 14.3. The SMILES string of the molecule is CCCC(C)(CC(=O)O)NCC(COc1ccccc1C(=O)OC)OC(=O)C(=O)OC(CNC(C)(CCC)CC(=O)O)COc1ccccc1C(=O)OC. The van der Waals surface area contributed by atoms with Gasteiger partial charge in [-0.15, -0.1) is 0 Å². The predicted octanol–water partition coefficient (Wildman–Crippen LogP) is 3.79. The Kier molecular flexibility index (Phi) is 18.4. The Balaban J connectivity index is 2.34. The molecular weight excluding hydrogens is 708 g/mol. The zero-order valence-corrected chi connectivity index (χ0v) is 31.6. The molecule has 0 saturated heterocycles. The molecule has 54 heavy (non-hydrogen) atoms. The molecule has 0 aliphatic heterocycles. The molecule has 0 aliphatic carbocycles. The molecule has 0 aromatic heterocycles. The van der Waals surface area contributed by atoms with Gasteiger partial charge in [0.05, 0.1) is 27.1 Å². The lowest BCUT2D eigenvalue weighted by atomic mass is 9.92. The van der Waals surface area contributed by atoms with Crippen molar-refractivity contribution in [2.24, 2.45) is 0 Å². The van der Waals surface area contributed by atoms with Crippen LogP contribution in [-0.4, -0.2) is 110 Å². The molecular formula is C38H52N2O14. The van der Waals surface area contributed by atoms with Crippen LogP contribution >= 0.6 is 0 Å². The molecule has 298 valence electrons. The van der Waals surface area contributed by atoms with Gasteiger partial charge in [-0.3, -0.25) is 9.59 Å². The Hall–Kier alpha value is -5.22. The van der Waals surface area contributed by atoms with Crippen molar-refractivity contribution in [2.75, 3.05) is 40.5 Å². The van der Waals surface area contributed by atoms with Crippen molar-refractivity contribution in [1.82, 2.24) is 10.6 Å². The number of methoxy groups -OCH3 is 2. The minimum Gasteiger partial charge on any atom is -0.489 e. The van der Waals surface area contributed by atoms with Crippen molar-refractivity contribution in [2.45, 2.75) is 89.5 Å². The van der Waals surface area contributed by atoms with Crippen LogP contribution in [0.2, 0.25) is 0 Å². The smallest absolute Gasteiger partial charge is 0.417 e. The van der Waals surface area contributed by atoms with Gasteiger partial charge in [-0.25, -0.2) is 19.2 Å². The summed E-state index contributed by atoms with van der Waals surface area (Å²) in [6.45, 7) is 6.17. The van der Waals surface area contributed by atoms with E-state index in [4.69, 9.17) is 28.4 Å². The van der Waals surface area contributed by atoms with Crippen molar-refractivity contribution in [3.8, 4) is 11.5 Å². The van der Waals surface area contributed by atoms with Gasteiger partial charge >= 0.3 is 35.8 Å². The molecule has 0 spiro atoms. The fourth-order valence-electron chi connectivity index (χ4n) is 5.75. The van der Waals surface area contributed by atoms with Crippen LogP contribution in [0.25, 0.3) is 0 Å². The summed E-state index contributed by atoms with van der Waals surface area (Å²) in [5.41, 5.74) is -1.63. The summed E-state index contributed by atoms with van der Waals surface area (Å²) in [5, 5.41) is 25.3. The van der Waals surface area contributed by atoms with Crippen LogP contribution in [0, 0.1) is 0 Å². The summed E-state index contributed by atoms with van der Waals surface area (Å²) in [5.74, 6) is -6.04. The number of benzene rings is 2. The van der Waals surface area contributed by atoms with Crippen LogP contribution in [0.1, 0.15) is 86.9 Å².